The summed E-state index contributed by atoms with van der Waals surface area (Å²) in [4.78, 5) is 15.1. The Bertz CT molecular complexity index is 1210. The van der Waals surface area contributed by atoms with Crippen LogP contribution in [0.5, 0.6) is 5.75 Å². The molecule has 1 aliphatic heterocycles. The van der Waals surface area contributed by atoms with Crippen LogP contribution in [0.3, 0.4) is 0 Å². The first-order valence-corrected chi connectivity index (χ1v) is 11.5. The highest BCUT2D eigenvalue weighted by molar-refractivity contribution is 7.92. The number of ether oxygens (including phenoxy) is 1. The van der Waals surface area contributed by atoms with Crippen LogP contribution in [0, 0.1) is 6.92 Å². The second kappa shape index (κ2) is 8.43. The van der Waals surface area contributed by atoms with E-state index in [4.69, 9.17) is 4.74 Å². The minimum atomic E-state index is -4.00. The number of rotatable bonds is 6. The SMILES string of the molecule is COc1ccc(C)cc1N(CC(=O)N1CCc2ccccc21)S(=O)(=O)c1ccccc1. The van der Waals surface area contributed by atoms with Gasteiger partial charge in [-0.3, -0.25) is 9.10 Å². The summed E-state index contributed by atoms with van der Waals surface area (Å²) in [5.74, 6) is 0.104. The fourth-order valence-electron chi connectivity index (χ4n) is 3.82. The number of methoxy groups -OCH3 is 1. The number of hydrogen-bond acceptors (Lipinski definition) is 4. The third kappa shape index (κ3) is 4.01. The summed E-state index contributed by atoms with van der Waals surface area (Å²) in [5.41, 5.74) is 3.12. The summed E-state index contributed by atoms with van der Waals surface area (Å²) < 4.78 is 33.8. The van der Waals surface area contributed by atoms with Crippen molar-refractivity contribution in [2.75, 3.05) is 29.4 Å². The number of amides is 1. The Morgan fingerprint density at radius 2 is 1.74 bits per heavy atom. The predicted octanol–water partition coefficient (Wildman–Crippen LogP) is 3.79. The maximum atomic E-state index is 13.6. The molecular weight excluding hydrogens is 412 g/mol. The molecular formula is C24H24N2O4S. The van der Waals surface area contributed by atoms with Crippen LogP contribution in [0.1, 0.15) is 11.1 Å². The van der Waals surface area contributed by atoms with E-state index in [1.807, 2.05) is 37.3 Å². The quantitative estimate of drug-likeness (QED) is 0.590. The highest BCUT2D eigenvalue weighted by Crippen LogP contribution is 2.34. The van der Waals surface area contributed by atoms with Gasteiger partial charge in [0, 0.05) is 12.2 Å². The Morgan fingerprint density at radius 1 is 1.03 bits per heavy atom. The Morgan fingerprint density at radius 3 is 2.48 bits per heavy atom. The molecule has 4 rings (SSSR count). The van der Waals surface area contributed by atoms with Gasteiger partial charge < -0.3 is 9.64 Å². The standard InChI is InChI=1S/C24H24N2O4S/c1-18-12-13-23(30-2)22(16-18)26(31(28,29)20-9-4-3-5-10-20)17-24(27)25-15-14-19-8-6-7-11-21(19)25/h3-13,16H,14-15,17H2,1-2H3. The molecule has 31 heavy (non-hydrogen) atoms. The number of carbonyl (C=O) groups excluding carboxylic acids is 1. The molecule has 160 valence electrons. The minimum Gasteiger partial charge on any atom is -0.495 e. The summed E-state index contributed by atoms with van der Waals surface area (Å²) in [6, 6.07) is 21.1. The van der Waals surface area contributed by atoms with Gasteiger partial charge in [-0.05, 0) is 54.8 Å². The van der Waals surface area contributed by atoms with Crippen LogP contribution in [0.2, 0.25) is 0 Å². The molecule has 0 atom stereocenters. The van der Waals surface area contributed by atoms with Gasteiger partial charge >= 0.3 is 0 Å². The molecule has 0 saturated heterocycles. The molecule has 0 saturated carbocycles. The average molecular weight is 437 g/mol. The Balaban J connectivity index is 1.77. The molecule has 3 aromatic rings. The van der Waals surface area contributed by atoms with Crippen LogP contribution in [-0.2, 0) is 21.2 Å². The minimum absolute atomic E-state index is 0.119. The molecule has 6 nitrogen and oxygen atoms in total. The maximum Gasteiger partial charge on any atom is 0.264 e. The molecule has 7 heteroatoms. The number of sulfonamides is 1. The summed E-state index contributed by atoms with van der Waals surface area (Å²) in [5, 5.41) is 0. The van der Waals surface area contributed by atoms with Crippen LogP contribution in [-0.4, -0.2) is 34.5 Å². The summed E-state index contributed by atoms with van der Waals surface area (Å²) in [7, 11) is -2.51. The zero-order valence-corrected chi connectivity index (χ0v) is 18.3. The molecule has 0 aliphatic carbocycles. The van der Waals surface area contributed by atoms with Crippen LogP contribution in [0.25, 0.3) is 0 Å². The van der Waals surface area contributed by atoms with E-state index in [1.54, 1.807) is 35.2 Å². The van der Waals surface area contributed by atoms with Crippen LogP contribution in [0.4, 0.5) is 11.4 Å². The van der Waals surface area contributed by atoms with E-state index in [-0.39, 0.29) is 17.3 Å². The first-order chi connectivity index (χ1) is 14.9. The molecule has 0 fully saturated rings. The van der Waals surface area contributed by atoms with Gasteiger partial charge in [0.2, 0.25) is 5.91 Å². The van der Waals surface area contributed by atoms with Crippen LogP contribution < -0.4 is 13.9 Å². The van der Waals surface area contributed by atoms with Crippen molar-refractivity contribution < 1.29 is 17.9 Å². The fourth-order valence-corrected chi connectivity index (χ4v) is 5.26. The lowest BCUT2D eigenvalue weighted by atomic mass is 10.2. The van der Waals surface area contributed by atoms with Crippen LogP contribution >= 0.6 is 0 Å². The van der Waals surface area contributed by atoms with Crippen LogP contribution in [0.15, 0.2) is 77.7 Å². The van der Waals surface area contributed by atoms with Crippen molar-refractivity contribution in [3.63, 3.8) is 0 Å². The molecule has 0 unspecified atom stereocenters. The van der Waals surface area contributed by atoms with E-state index >= 15 is 0 Å². The summed E-state index contributed by atoms with van der Waals surface area (Å²) in [6.07, 6.45) is 0.751. The van der Waals surface area contributed by atoms with Crippen molar-refractivity contribution >= 4 is 27.3 Å². The van der Waals surface area contributed by atoms with Crippen molar-refractivity contribution in [1.82, 2.24) is 0 Å². The maximum absolute atomic E-state index is 13.6. The summed E-state index contributed by atoms with van der Waals surface area (Å²) in [6.45, 7) is 2.07. The largest absolute Gasteiger partial charge is 0.495 e. The normalized spacial score (nSPS) is 13.0. The Labute approximate surface area is 182 Å². The highest BCUT2D eigenvalue weighted by Gasteiger charge is 2.33. The van der Waals surface area contributed by atoms with E-state index in [0.717, 1.165) is 27.5 Å². The number of hydrogen-bond donors (Lipinski definition) is 0. The zero-order valence-electron chi connectivity index (χ0n) is 17.5. The third-order valence-electron chi connectivity index (χ3n) is 5.40. The predicted molar refractivity (Wildman–Crippen MR) is 121 cm³/mol. The van der Waals surface area contributed by atoms with Gasteiger partial charge in [0.1, 0.15) is 12.3 Å². The topological polar surface area (TPSA) is 66.9 Å². The van der Waals surface area contributed by atoms with Gasteiger partial charge in [-0.25, -0.2) is 8.42 Å². The van der Waals surface area contributed by atoms with Crippen molar-refractivity contribution in [2.24, 2.45) is 0 Å². The molecule has 1 amide bonds. The van der Waals surface area contributed by atoms with E-state index in [9.17, 15) is 13.2 Å². The molecule has 1 heterocycles. The number of nitrogens with zero attached hydrogens (tertiary/aromatic N) is 2. The van der Waals surface area contributed by atoms with E-state index in [1.165, 1.54) is 19.2 Å². The van der Waals surface area contributed by atoms with Gasteiger partial charge in [0.25, 0.3) is 10.0 Å². The number of benzene rings is 3. The number of fused-ring (bicyclic) bond motifs is 1. The lowest BCUT2D eigenvalue weighted by molar-refractivity contribution is -0.117. The van der Waals surface area contributed by atoms with Gasteiger partial charge in [-0.1, -0.05) is 42.5 Å². The van der Waals surface area contributed by atoms with Gasteiger partial charge in [-0.15, -0.1) is 0 Å². The fraction of sp³-hybridized carbons (Fsp3) is 0.208. The lowest BCUT2D eigenvalue weighted by Crippen LogP contribution is -2.42. The molecule has 0 radical (unpaired) electrons. The number of anilines is 2. The molecule has 0 bridgehead atoms. The van der Waals surface area contributed by atoms with Gasteiger partial charge in [0.05, 0.1) is 17.7 Å². The number of para-hydroxylation sites is 1. The first kappa shape index (κ1) is 20.9. The van der Waals surface area contributed by atoms with E-state index < -0.39 is 10.0 Å². The first-order valence-electron chi connectivity index (χ1n) is 10.0. The molecule has 3 aromatic carbocycles. The summed E-state index contributed by atoms with van der Waals surface area (Å²) >= 11 is 0. The van der Waals surface area contributed by atoms with Crippen molar-refractivity contribution in [1.29, 1.82) is 0 Å². The third-order valence-corrected chi connectivity index (χ3v) is 7.18. The number of carbonyl (C=O) groups is 1. The molecule has 0 spiro atoms. The van der Waals surface area contributed by atoms with Crippen molar-refractivity contribution in [2.45, 2.75) is 18.2 Å². The molecule has 0 N–H and O–H groups in total. The van der Waals surface area contributed by atoms with Gasteiger partial charge in [-0.2, -0.15) is 0 Å². The second-order valence-electron chi connectivity index (χ2n) is 7.42. The molecule has 0 aromatic heterocycles. The molecule has 1 aliphatic rings. The van der Waals surface area contributed by atoms with E-state index in [0.29, 0.717) is 18.0 Å². The average Bonchev–Trinajstić information content (AvgIpc) is 3.22. The smallest absolute Gasteiger partial charge is 0.264 e. The lowest BCUT2D eigenvalue weighted by Gasteiger charge is -2.28. The Hall–Kier alpha value is -3.32. The second-order valence-corrected chi connectivity index (χ2v) is 9.29. The highest BCUT2D eigenvalue weighted by atomic mass is 32.2. The zero-order chi connectivity index (χ0) is 22.0. The Kier molecular flexibility index (Phi) is 5.69. The van der Waals surface area contributed by atoms with Crippen molar-refractivity contribution in [3.05, 3.63) is 83.9 Å². The number of aryl methyl sites for hydroxylation is 1. The monoisotopic (exact) mass is 436 g/mol. The van der Waals surface area contributed by atoms with Crippen molar-refractivity contribution in [3.8, 4) is 5.75 Å². The van der Waals surface area contributed by atoms with Gasteiger partial charge in [0.15, 0.2) is 0 Å². The van der Waals surface area contributed by atoms with E-state index in [2.05, 4.69) is 0 Å².